The fourth-order valence-corrected chi connectivity index (χ4v) is 2.20. The molecule has 1 aromatic heterocycles. The lowest BCUT2D eigenvalue weighted by atomic mass is 10.3. The zero-order chi connectivity index (χ0) is 11.5. The van der Waals surface area contributed by atoms with E-state index in [2.05, 4.69) is 18.8 Å². The Labute approximate surface area is 99.4 Å². The van der Waals surface area contributed by atoms with Crippen LogP contribution in [0.3, 0.4) is 0 Å². The van der Waals surface area contributed by atoms with E-state index in [0.717, 1.165) is 29.2 Å². The molecule has 1 heterocycles. The van der Waals surface area contributed by atoms with Crippen molar-refractivity contribution in [2.75, 3.05) is 5.73 Å². The second kappa shape index (κ2) is 4.78. The number of aromatic nitrogens is 1. The quantitative estimate of drug-likeness (QED) is 0.826. The number of hydrogen-bond acceptors (Lipinski definition) is 4. The van der Waals surface area contributed by atoms with Crippen molar-refractivity contribution < 1.29 is 4.42 Å². The molecular formula is C12H16N2OS. The number of rotatable bonds is 4. The highest BCUT2D eigenvalue weighted by Gasteiger charge is 2.09. The third-order valence-electron chi connectivity index (χ3n) is 2.56. The summed E-state index contributed by atoms with van der Waals surface area (Å²) in [6.45, 7) is 4.39. The van der Waals surface area contributed by atoms with E-state index in [-0.39, 0.29) is 0 Å². The number of fused-ring (bicyclic) bond motifs is 1. The van der Waals surface area contributed by atoms with Crippen molar-refractivity contribution in [3.8, 4) is 0 Å². The van der Waals surface area contributed by atoms with Gasteiger partial charge in [-0.1, -0.05) is 19.9 Å². The molecule has 0 fully saturated rings. The van der Waals surface area contributed by atoms with E-state index < -0.39 is 0 Å². The van der Waals surface area contributed by atoms with Crippen LogP contribution in [0.25, 0.3) is 11.1 Å². The average molecular weight is 236 g/mol. The monoisotopic (exact) mass is 236 g/mol. The summed E-state index contributed by atoms with van der Waals surface area (Å²) >= 11 is 1.85. The van der Waals surface area contributed by atoms with Gasteiger partial charge in [0.25, 0.3) is 0 Å². The van der Waals surface area contributed by atoms with Gasteiger partial charge in [-0.25, -0.2) is 4.98 Å². The molecule has 4 heteroatoms. The number of nitrogens with zero attached hydrogens (tertiary/aromatic N) is 1. The maximum absolute atomic E-state index is 5.82. The van der Waals surface area contributed by atoms with E-state index in [1.54, 1.807) is 0 Å². The first-order chi connectivity index (χ1) is 7.70. The molecule has 1 atom stereocenters. The summed E-state index contributed by atoms with van der Waals surface area (Å²) in [5, 5.41) is 0.632. The molecule has 0 saturated carbocycles. The van der Waals surface area contributed by atoms with Crippen LogP contribution >= 0.6 is 11.8 Å². The van der Waals surface area contributed by atoms with Crippen LogP contribution < -0.4 is 5.73 Å². The molecule has 0 saturated heterocycles. The van der Waals surface area contributed by atoms with Crippen molar-refractivity contribution in [2.45, 2.75) is 31.3 Å². The summed E-state index contributed by atoms with van der Waals surface area (Å²) in [6, 6.07) is 5.63. The summed E-state index contributed by atoms with van der Waals surface area (Å²) < 4.78 is 5.63. The maximum Gasteiger partial charge on any atom is 0.205 e. The topological polar surface area (TPSA) is 52.0 Å². The van der Waals surface area contributed by atoms with Crippen LogP contribution in [0.1, 0.15) is 26.2 Å². The molecule has 0 aliphatic rings. The van der Waals surface area contributed by atoms with E-state index in [0.29, 0.717) is 10.9 Å². The van der Waals surface area contributed by atoms with Gasteiger partial charge in [0.05, 0.1) is 11.4 Å². The zero-order valence-electron chi connectivity index (χ0n) is 9.56. The van der Waals surface area contributed by atoms with E-state index in [1.165, 1.54) is 0 Å². The van der Waals surface area contributed by atoms with Gasteiger partial charge >= 0.3 is 0 Å². The minimum absolute atomic E-state index is 0.632. The van der Waals surface area contributed by atoms with Gasteiger partial charge in [-0.15, -0.1) is 11.8 Å². The molecule has 86 valence electrons. The second-order valence-electron chi connectivity index (χ2n) is 3.83. The van der Waals surface area contributed by atoms with Crippen LogP contribution in [0.15, 0.2) is 22.6 Å². The summed E-state index contributed by atoms with van der Waals surface area (Å²) in [5.74, 6) is 1.57. The molecule has 2 aromatic rings. The highest BCUT2D eigenvalue weighted by Crippen LogP contribution is 2.25. The first kappa shape index (κ1) is 11.3. The van der Waals surface area contributed by atoms with Crippen molar-refractivity contribution >= 4 is 28.5 Å². The third kappa shape index (κ3) is 2.32. The number of oxazole rings is 1. The molecule has 16 heavy (non-hydrogen) atoms. The van der Waals surface area contributed by atoms with Gasteiger partial charge in [0.2, 0.25) is 5.89 Å². The Balaban J connectivity index is 2.17. The molecule has 0 amide bonds. The zero-order valence-corrected chi connectivity index (χ0v) is 10.4. The molecule has 2 rings (SSSR count). The van der Waals surface area contributed by atoms with E-state index in [9.17, 15) is 0 Å². The number of hydrogen-bond donors (Lipinski definition) is 1. The lowest BCUT2D eigenvalue weighted by molar-refractivity contribution is 0.556. The molecule has 0 spiro atoms. The number of nitrogen functional groups attached to an aromatic ring is 1. The maximum atomic E-state index is 5.82. The van der Waals surface area contributed by atoms with E-state index in [4.69, 9.17) is 10.2 Å². The van der Waals surface area contributed by atoms with Crippen molar-refractivity contribution in [3.63, 3.8) is 0 Å². The number of para-hydroxylation sites is 1. The number of benzene rings is 1. The molecule has 0 bridgehead atoms. The lowest BCUT2D eigenvalue weighted by Crippen LogP contribution is -1.93. The van der Waals surface area contributed by atoms with Gasteiger partial charge < -0.3 is 10.2 Å². The normalized spacial score (nSPS) is 13.1. The van der Waals surface area contributed by atoms with Crippen LogP contribution in [0, 0.1) is 0 Å². The highest BCUT2D eigenvalue weighted by molar-refractivity contribution is 7.99. The number of anilines is 1. The largest absolute Gasteiger partial charge is 0.440 e. The van der Waals surface area contributed by atoms with Gasteiger partial charge in [-0.3, -0.25) is 0 Å². The van der Waals surface area contributed by atoms with Gasteiger partial charge in [-0.05, 0) is 18.6 Å². The smallest absolute Gasteiger partial charge is 0.205 e. The Hall–Kier alpha value is -1.16. The first-order valence-corrected chi connectivity index (χ1v) is 6.51. The summed E-state index contributed by atoms with van der Waals surface area (Å²) in [6.07, 6.45) is 1.16. The molecule has 0 aliphatic heterocycles. The van der Waals surface area contributed by atoms with Gasteiger partial charge in [-0.2, -0.15) is 0 Å². The minimum Gasteiger partial charge on any atom is -0.440 e. The van der Waals surface area contributed by atoms with Crippen molar-refractivity contribution in [1.29, 1.82) is 0 Å². The Bertz CT molecular complexity index is 481. The number of nitrogens with two attached hydrogens (primary N) is 1. The van der Waals surface area contributed by atoms with Crippen LogP contribution in [0.2, 0.25) is 0 Å². The lowest BCUT2D eigenvalue weighted by Gasteiger charge is -2.04. The molecule has 2 N–H and O–H groups in total. The Morgan fingerprint density at radius 2 is 2.31 bits per heavy atom. The Kier molecular flexibility index (Phi) is 3.39. The van der Waals surface area contributed by atoms with Crippen LogP contribution in [0.4, 0.5) is 5.69 Å². The third-order valence-corrected chi connectivity index (χ3v) is 3.88. The van der Waals surface area contributed by atoms with Gasteiger partial charge in [0, 0.05) is 5.25 Å². The van der Waals surface area contributed by atoms with Crippen molar-refractivity contribution in [3.05, 3.63) is 24.1 Å². The van der Waals surface area contributed by atoms with Crippen LogP contribution in [0.5, 0.6) is 0 Å². The standard InChI is InChI=1S/C12H16N2OS/c1-3-8(2)16-7-11-14-12-9(13)5-4-6-10(12)15-11/h4-6,8H,3,7,13H2,1-2H3. The molecule has 3 nitrogen and oxygen atoms in total. The summed E-state index contributed by atoms with van der Waals surface area (Å²) in [5.41, 5.74) is 8.06. The van der Waals surface area contributed by atoms with E-state index >= 15 is 0 Å². The second-order valence-corrected chi connectivity index (χ2v) is 5.26. The SMILES string of the molecule is CCC(C)SCc1nc2c(N)cccc2o1. The molecule has 0 aliphatic carbocycles. The van der Waals surface area contributed by atoms with Crippen molar-refractivity contribution in [2.24, 2.45) is 0 Å². The molecule has 1 aromatic carbocycles. The van der Waals surface area contributed by atoms with Gasteiger partial charge in [0.15, 0.2) is 5.58 Å². The predicted octanol–water partition coefficient (Wildman–Crippen LogP) is 3.44. The van der Waals surface area contributed by atoms with Gasteiger partial charge in [0.1, 0.15) is 5.52 Å². The Morgan fingerprint density at radius 1 is 1.50 bits per heavy atom. The Morgan fingerprint density at radius 3 is 3.00 bits per heavy atom. The fourth-order valence-electron chi connectivity index (χ4n) is 1.41. The molecule has 1 unspecified atom stereocenters. The minimum atomic E-state index is 0.632. The molecule has 0 radical (unpaired) electrons. The van der Waals surface area contributed by atoms with E-state index in [1.807, 2.05) is 30.0 Å². The summed E-state index contributed by atoms with van der Waals surface area (Å²) in [7, 11) is 0. The predicted molar refractivity (Wildman–Crippen MR) is 69.5 cm³/mol. The molecular weight excluding hydrogens is 220 g/mol. The first-order valence-electron chi connectivity index (χ1n) is 5.46. The fraction of sp³-hybridized carbons (Fsp3) is 0.417. The van der Waals surface area contributed by atoms with Crippen LogP contribution in [-0.2, 0) is 5.75 Å². The average Bonchev–Trinajstić information content (AvgIpc) is 2.70. The highest BCUT2D eigenvalue weighted by atomic mass is 32.2. The van der Waals surface area contributed by atoms with Crippen molar-refractivity contribution in [1.82, 2.24) is 4.98 Å². The summed E-state index contributed by atoms with van der Waals surface area (Å²) in [4.78, 5) is 4.41. The van der Waals surface area contributed by atoms with Crippen LogP contribution in [-0.4, -0.2) is 10.2 Å². The number of thioether (sulfide) groups is 1.